The Morgan fingerprint density at radius 2 is 1.81 bits per heavy atom. The molecular weight excluding hydrogens is 269 g/mol. The lowest BCUT2D eigenvalue weighted by atomic mass is 10.2. The molecule has 0 unspecified atom stereocenters. The van der Waals surface area contributed by atoms with Crippen LogP contribution < -0.4 is 5.32 Å². The van der Waals surface area contributed by atoms with Crippen LogP contribution in [0.1, 0.15) is 11.4 Å². The molecule has 21 heavy (non-hydrogen) atoms. The van der Waals surface area contributed by atoms with Crippen LogP contribution in [0.2, 0.25) is 0 Å². The average Bonchev–Trinajstić information content (AvgIpc) is 2.98. The highest BCUT2D eigenvalue weighted by atomic mass is 19.1. The van der Waals surface area contributed by atoms with Crippen LogP contribution in [0.5, 0.6) is 0 Å². The highest BCUT2D eigenvalue weighted by Crippen LogP contribution is 2.18. The number of hydrogen-bond donors (Lipinski definition) is 1. The quantitative estimate of drug-likeness (QED) is 0.781. The number of nitrogens with one attached hydrogen (secondary N) is 1. The summed E-state index contributed by atoms with van der Waals surface area (Å²) in [5.41, 5.74) is 2.53. The first-order valence-corrected chi connectivity index (χ1v) is 6.62. The first kappa shape index (κ1) is 13.5. The van der Waals surface area contributed by atoms with Crippen molar-refractivity contribution in [1.29, 1.82) is 0 Å². The molecule has 3 rings (SSSR count). The molecule has 0 amide bonds. The summed E-state index contributed by atoms with van der Waals surface area (Å²) in [6, 6.07) is 11.9. The monoisotopic (exact) mass is 283 g/mol. The summed E-state index contributed by atoms with van der Waals surface area (Å²) in [6.07, 6.45) is 3.36. The Kier molecular flexibility index (Phi) is 4.02. The van der Waals surface area contributed by atoms with Crippen molar-refractivity contribution in [2.24, 2.45) is 0 Å². The zero-order valence-electron chi connectivity index (χ0n) is 11.3. The average molecular weight is 283 g/mol. The Balaban J connectivity index is 1.59. The fourth-order valence-corrected chi connectivity index (χ4v) is 1.93. The van der Waals surface area contributed by atoms with Gasteiger partial charge in [0, 0.05) is 24.8 Å². The summed E-state index contributed by atoms with van der Waals surface area (Å²) in [7, 11) is 0. The minimum atomic E-state index is -0.275. The van der Waals surface area contributed by atoms with Crippen LogP contribution in [0.3, 0.4) is 0 Å². The van der Waals surface area contributed by atoms with Gasteiger partial charge in [0.25, 0.3) is 0 Å². The van der Waals surface area contributed by atoms with Gasteiger partial charge in [-0.3, -0.25) is 4.98 Å². The molecule has 0 spiro atoms. The van der Waals surface area contributed by atoms with Gasteiger partial charge in [-0.1, -0.05) is 6.07 Å². The maximum Gasteiger partial charge on any atom is 0.226 e. The molecule has 0 aliphatic heterocycles. The van der Waals surface area contributed by atoms with E-state index in [-0.39, 0.29) is 5.82 Å². The van der Waals surface area contributed by atoms with Gasteiger partial charge in [-0.25, -0.2) is 9.37 Å². The van der Waals surface area contributed by atoms with Crippen molar-refractivity contribution in [1.82, 2.24) is 15.3 Å². The molecule has 1 N–H and O–H groups in total. The largest absolute Gasteiger partial charge is 0.444 e. The van der Waals surface area contributed by atoms with Crippen molar-refractivity contribution in [3.8, 4) is 11.5 Å². The van der Waals surface area contributed by atoms with Gasteiger partial charge < -0.3 is 9.73 Å². The number of benzene rings is 1. The molecule has 1 aromatic carbocycles. The second-order valence-electron chi connectivity index (χ2n) is 4.58. The molecular formula is C16H14FN3O. The molecule has 5 heteroatoms. The third kappa shape index (κ3) is 3.52. The zero-order chi connectivity index (χ0) is 14.5. The van der Waals surface area contributed by atoms with Crippen molar-refractivity contribution in [3.63, 3.8) is 0 Å². The van der Waals surface area contributed by atoms with Gasteiger partial charge in [0.1, 0.15) is 12.1 Å². The molecule has 0 saturated carbocycles. The van der Waals surface area contributed by atoms with Crippen LogP contribution >= 0.6 is 0 Å². The van der Waals surface area contributed by atoms with Gasteiger partial charge in [0.05, 0.1) is 11.4 Å². The van der Waals surface area contributed by atoms with Gasteiger partial charge in [-0.2, -0.15) is 0 Å². The summed E-state index contributed by atoms with van der Waals surface area (Å²) < 4.78 is 18.3. The Morgan fingerprint density at radius 3 is 2.57 bits per heavy atom. The summed E-state index contributed by atoms with van der Waals surface area (Å²) in [5, 5.41) is 3.25. The van der Waals surface area contributed by atoms with E-state index in [4.69, 9.17) is 4.42 Å². The van der Waals surface area contributed by atoms with Crippen molar-refractivity contribution in [3.05, 3.63) is 72.1 Å². The highest BCUT2D eigenvalue weighted by Gasteiger charge is 2.06. The van der Waals surface area contributed by atoms with E-state index < -0.39 is 0 Å². The number of nitrogens with zero attached hydrogens (tertiary/aromatic N) is 2. The Morgan fingerprint density at radius 1 is 1.00 bits per heavy atom. The number of oxazole rings is 1. The molecule has 106 valence electrons. The molecule has 0 radical (unpaired) electrons. The maximum absolute atomic E-state index is 12.9. The van der Waals surface area contributed by atoms with Crippen LogP contribution in [0.25, 0.3) is 11.5 Å². The molecule has 3 aromatic rings. The van der Waals surface area contributed by atoms with E-state index in [9.17, 15) is 4.39 Å². The molecule has 4 nitrogen and oxygen atoms in total. The van der Waals surface area contributed by atoms with Gasteiger partial charge in [-0.15, -0.1) is 0 Å². The number of rotatable bonds is 5. The zero-order valence-corrected chi connectivity index (χ0v) is 11.3. The Bertz CT molecular complexity index is 695. The second kappa shape index (κ2) is 6.28. The highest BCUT2D eigenvalue weighted by molar-refractivity contribution is 5.52. The Labute approximate surface area is 121 Å². The van der Waals surface area contributed by atoms with E-state index in [0.717, 1.165) is 17.0 Å². The van der Waals surface area contributed by atoms with Crippen LogP contribution in [0, 0.1) is 5.82 Å². The maximum atomic E-state index is 12.9. The number of pyridine rings is 1. The van der Waals surface area contributed by atoms with Crippen LogP contribution in [0.4, 0.5) is 4.39 Å². The van der Waals surface area contributed by atoms with Gasteiger partial charge in [0.2, 0.25) is 5.89 Å². The molecule has 2 aromatic heterocycles. The van der Waals surface area contributed by atoms with Gasteiger partial charge in [0.15, 0.2) is 0 Å². The minimum Gasteiger partial charge on any atom is -0.444 e. The first-order valence-electron chi connectivity index (χ1n) is 6.62. The predicted octanol–water partition coefficient (Wildman–Crippen LogP) is 3.17. The van der Waals surface area contributed by atoms with E-state index in [1.165, 1.54) is 12.1 Å². The number of aromatic nitrogens is 2. The molecule has 0 fully saturated rings. The van der Waals surface area contributed by atoms with Crippen molar-refractivity contribution in [2.75, 3.05) is 0 Å². The molecule has 0 aliphatic carbocycles. The van der Waals surface area contributed by atoms with E-state index in [2.05, 4.69) is 15.3 Å². The lowest BCUT2D eigenvalue weighted by Crippen LogP contribution is -2.13. The van der Waals surface area contributed by atoms with Crippen molar-refractivity contribution < 1.29 is 8.81 Å². The SMILES string of the molecule is Fc1ccc(-c2nc(CNCc3ccccn3)co2)cc1. The second-order valence-corrected chi connectivity index (χ2v) is 4.58. The summed E-state index contributed by atoms with van der Waals surface area (Å²) >= 11 is 0. The summed E-state index contributed by atoms with van der Waals surface area (Å²) in [4.78, 5) is 8.60. The van der Waals surface area contributed by atoms with Gasteiger partial charge in [-0.05, 0) is 36.4 Å². The molecule has 2 heterocycles. The van der Waals surface area contributed by atoms with E-state index in [0.29, 0.717) is 19.0 Å². The summed E-state index contributed by atoms with van der Waals surface area (Å²) in [5.74, 6) is 0.215. The van der Waals surface area contributed by atoms with Crippen LogP contribution in [0.15, 0.2) is 59.3 Å². The van der Waals surface area contributed by atoms with E-state index in [1.807, 2.05) is 18.2 Å². The lowest BCUT2D eigenvalue weighted by Gasteiger charge is -2.00. The fraction of sp³-hybridized carbons (Fsp3) is 0.125. The summed E-state index contributed by atoms with van der Waals surface area (Å²) in [6.45, 7) is 1.25. The Hall–Kier alpha value is -2.53. The standard InChI is InChI=1S/C16H14FN3O/c17-13-6-4-12(5-7-13)16-20-15(11-21-16)10-18-9-14-3-1-2-8-19-14/h1-8,11,18H,9-10H2. The molecule has 0 atom stereocenters. The van der Waals surface area contributed by atoms with Crippen LogP contribution in [-0.2, 0) is 13.1 Å². The van der Waals surface area contributed by atoms with E-state index >= 15 is 0 Å². The van der Waals surface area contributed by atoms with Crippen LogP contribution in [-0.4, -0.2) is 9.97 Å². The first-order chi connectivity index (χ1) is 10.3. The lowest BCUT2D eigenvalue weighted by molar-refractivity contribution is 0.569. The minimum absolute atomic E-state index is 0.275. The fourth-order valence-electron chi connectivity index (χ4n) is 1.93. The van der Waals surface area contributed by atoms with Crippen molar-refractivity contribution >= 4 is 0 Å². The van der Waals surface area contributed by atoms with Gasteiger partial charge >= 0.3 is 0 Å². The molecule has 0 aliphatic rings. The normalized spacial score (nSPS) is 10.7. The third-order valence-corrected chi connectivity index (χ3v) is 2.98. The number of hydrogen-bond acceptors (Lipinski definition) is 4. The number of halogens is 1. The third-order valence-electron chi connectivity index (χ3n) is 2.98. The molecule has 0 saturated heterocycles. The molecule has 0 bridgehead atoms. The van der Waals surface area contributed by atoms with E-state index in [1.54, 1.807) is 24.6 Å². The van der Waals surface area contributed by atoms with Crippen molar-refractivity contribution in [2.45, 2.75) is 13.1 Å². The smallest absolute Gasteiger partial charge is 0.226 e. The topological polar surface area (TPSA) is 51.0 Å². The predicted molar refractivity (Wildman–Crippen MR) is 76.7 cm³/mol.